The molecule has 202 valence electrons. The summed E-state index contributed by atoms with van der Waals surface area (Å²) in [4.78, 5) is -0.157. The maximum atomic E-state index is 14.6. The van der Waals surface area contributed by atoms with Crippen LogP contribution in [0.4, 0.5) is 20.2 Å². The van der Waals surface area contributed by atoms with E-state index in [2.05, 4.69) is 6.58 Å². The number of rotatable bonds is 5. The van der Waals surface area contributed by atoms with E-state index in [0.717, 1.165) is 19.4 Å². The molecular weight excluding hydrogens is 554 g/mol. The van der Waals surface area contributed by atoms with Crippen molar-refractivity contribution < 1.29 is 25.6 Å². The number of hydrogen-bond acceptors (Lipinski definition) is 4. The molecule has 0 saturated carbocycles. The third-order valence-corrected chi connectivity index (χ3v) is 10.6. The van der Waals surface area contributed by atoms with Crippen molar-refractivity contribution in [1.82, 2.24) is 0 Å². The summed E-state index contributed by atoms with van der Waals surface area (Å²) in [5.41, 5.74) is -0.609. The minimum absolute atomic E-state index is 0.0736. The van der Waals surface area contributed by atoms with E-state index in [-0.39, 0.29) is 21.2 Å². The van der Waals surface area contributed by atoms with Gasteiger partial charge in [0, 0.05) is 12.1 Å². The fourth-order valence-electron chi connectivity index (χ4n) is 5.03. The van der Waals surface area contributed by atoms with Gasteiger partial charge in [0.1, 0.15) is 0 Å². The molecule has 0 fully saturated rings. The Morgan fingerprint density at radius 3 is 1.65 bits per heavy atom. The molecule has 0 amide bonds. The Bertz CT molecular complexity index is 2050. The summed E-state index contributed by atoms with van der Waals surface area (Å²) in [7, 11) is -8.70. The van der Waals surface area contributed by atoms with Crippen LogP contribution in [-0.4, -0.2) is 29.4 Å². The van der Waals surface area contributed by atoms with Gasteiger partial charge >= 0.3 is 0 Å². The van der Waals surface area contributed by atoms with Gasteiger partial charge in [-0.3, -0.25) is 8.61 Å². The van der Waals surface area contributed by atoms with E-state index in [9.17, 15) is 25.6 Å². The second-order valence-corrected chi connectivity index (χ2v) is 13.1. The van der Waals surface area contributed by atoms with E-state index < -0.39 is 44.3 Å². The monoisotopic (exact) mass is 576 g/mol. The Morgan fingerprint density at radius 1 is 0.650 bits per heavy atom. The predicted octanol–water partition coefficient (Wildman–Crippen LogP) is 6.23. The van der Waals surface area contributed by atoms with E-state index >= 15 is 0 Å². The molecular formula is C30H22F2N2O4S2. The normalized spacial score (nSPS) is 15.8. The first-order valence-electron chi connectivity index (χ1n) is 12.3. The quantitative estimate of drug-likeness (QED) is 0.233. The summed E-state index contributed by atoms with van der Waals surface area (Å²) in [6.45, 7) is 3.34. The molecule has 0 spiro atoms. The molecule has 0 aliphatic carbocycles. The summed E-state index contributed by atoms with van der Waals surface area (Å²) in [6, 6.07) is 23.8. The van der Waals surface area contributed by atoms with Crippen LogP contribution in [0.15, 0.2) is 120 Å². The Morgan fingerprint density at radius 2 is 1.12 bits per heavy atom. The van der Waals surface area contributed by atoms with Crippen molar-refractivity contribution in [2.75, 3.05) is 15.2 Å². The van der Waals surface area contributed by atoms with Crippen LogP contribution in [0.5, 0.6) is 0 Å². The standard InChI is InChI=1S/C30H22F2N2O4S2/c1-2-24-19-33(39(35,36)25-13-11-20-7-3-5-9-22(20)15-25)29-17-27(31)28(32)18-30(29)34(24)40(37,38)26-14-12-21-8-4-6-10-23(21)16-26/h2-18,24H,1,19H2/t24-/m1/s1. The second-order valence-electron chi connectivity index (χ2n) is 9.41. The first-order chi connectivity index (χ1) is 19.1. The van der Waals surface area contributed by atoms with Gasteiger partial charge in [0.15, 0.2) is 11.6 Å². The smallest absolute Gasteiger partial charge is 0.262 e. The largest absolute Gasteiger partial charge is 0.265 e. The average molecular weight is 577 g/mol. The maximum Gasteiger partial charge on any atom is 0.265 e. The number of fused-ring (bicyclic) bond motifs is 3. The highest BCUT2D eigenvalue weighted by molar-refractivity contribution is 7.93. The van der Waals surface area contributed by atoms with Crippen LogP contribution in [0.2, 0.25) is 0 Å². The minimum Gasteiger partial charge on any atom is -0.262 e. The molecule has 0 radical (unpaired) electrons. The van der Waals surface area contributed by atoms with Crippen LogP contribution in [0.3, 0.4) is 0 Å². The molecule has 0 bridgehead atoms. The lowest BCUT2D eigenvalue weighted by Crippen LogP contribution is -2.52. The number of benzene rings is 5. The molecule has 0 saturated heterocycles. The van der Waals surface area contributed by atoms with Crippen LogP contribution in [0, 0.1) is 11.6 Å². The molecule has 1 aliphatic rings. The van der Waals surface area contributed by atoms with Gasteiger partial charge in [-0.1, -0.05) is 66.7 Å². The lowest BCUT2D eigenvalue weighted by atomic mass is 10.1. The molecule has 0 N–H and O–H groups in total. The van der Waals surface area contributed by atoms with Gasteiger partial charge in [0.2, 0.25) is 0 Å². The zero-order valence-corrected chi connectivity index (χ0v) is 22.5. The van der Waals surface area contributed by atoms with Crippen molar-refractivity contribution in [3.63, 3.8) is 0 Å². The summed E-state index contributed by atoms with van der Waals surface area (Å²) < 4.78 is 87.0. The third kappa shape index (κ3) is 4.11. The van der Waals surface area contributed by atoms with Gasteiger partial charge in [-0.05, 0) is 45.8 Å². The van der Waals surface area contributed by atoms with Gasteiger partial charge in [0.25, 0.3) is 20.0 Å². The van der Waals surface area contributed by atoms with Gasteiger partial charge in [-0.2, -0.15) is 0 Å². The van der Waals surface area contributed by atoms with Crippen molar-refractivity contribution >= 4 is 53.0 Å². The highest BCUT2D eigenvalue weighted by Gasteiger charge is 2.42. The molecule has 0 unspecified atom stereocenters. The van der Waals surface area contributed by atoms with Crippen molar-refractivity contribution in [2.24, 2.45) is 0 Å². The highest BCUT2D eigenvalue weighted by atomic mass is 32.2. The molecule has 1 heterocycles. The van der Waals surface area contributed by atoms with Crippen molar-refractivity contribution in [1.29, 1.82) is 0 Å². The molecule has 5 aromatic rings. The molecule has 0 aromatic heterocycles. The molecule has 1 aliphatic heterocycles. The topological polar surface area (TPSA) is 74.8 Å². The lowest BCUT2D eigenvalue weighted by molar-refractivity contribution is 0.507. The van der Waals surface area contributed by atoms with Crippen molar-refractivity contribution in [3.05, 3.63) is 121 Å². The molecule has 6 nitrogen and oxygen atoms in total. The molecule has 5 aromatic carbocycles. The number of sulfonamides is 2. The predicted molar refractivity (Wildman–Crippen MR) is 152 cm³/mol. The van der Waals surface area contributed by atoms with Gasteiger partial charge in [-0.25, -0.2) is 25.6 Å². The fraction of sp³-hybridized carbons (Fsp3) is 0.0667. The van der Waals surface area contributed by atoms with E-state index in [1.54, 1.807) is 36.4 Å². The molecule has 40 heavy (non-hydrogen) atoms. The van der Waals surface area contributed by atoms with Crippen molar-refractivity contribution in [2.45, 2.75) is 15.8 Å². The Labute approximate surface area is 230 Å². The van der Waals surface area contributed by atoms with Gasteiger partial charge in [0.05, 0.1) is 33.8 Å². The van der Waals surface area contributed by atoms with E-state index in [0.29, 0.717) is 22.9 Å². The number of anilines is 2. The fourth-order valence-corrected chi connectivity index (χ4v) is 8.21. The van der Waals surface area contributed by atoms with Crippen molar-refractivity contribution in [3.8, 4) is 0 Å². The third-order valence-electron chi connectivity index (χ3n) is 7.04. The molecule has 6 rings (SSSR count). The number of hydrogen-bond donors (Lipinski definition) is 0. The van der Waals surface area contributed by atoms with E-state index in [1.165, 1.54) is 30.3 Å². The lowest BCUT2D eigenvalue weighted by Gasteiger charge is -2.41. The SMILES string of the molecule is C=C[C@@H]1CN(S(=O)(=O)c2ccc3ccccc3c2)c2cc(F)c(F)cc2N1S(=O)(=O)c1ccc2ccccc2c1. The first kappa shape index (κ1) is 26.0. The molecule has 10 heteroatoms. The summed E-state index contributed by atoms with van der Waals surface area (Å²) >= 11 is 0. The minimum atomic E-state index is -4.37. The zero-order valence-electron chi connectivity index (χ0n) is 20.9. The van der Waals surface area contributed by atoms with Crippen LogP contribution < -0.4 is 8.61 Å². The Kier molecular flexibility index (Phi) is 6.12. The highest BCUT2D eigenvalue weighted by Crippen LogP contribution is 2.43. The molecule has 1 atom stereocenters. The maximum absolute atomic E-state index is 14.6. The van der Waals surface area contributed by atoms with Gasteiger partial charge < -0.3 is 0 Å². The Balaban J connectivity index is 1.53. The van der Waals surface area contributed by atoms with E-state index in [4.69, 9.17) is 0 Å². The number of halogens is 2. The van der Waals surface area contributed by atoms with Crippen LogP contribution in [-0.2, 0) is 20.0 Å². The van der Waals surface area contributed by atoms with Crippen LogP contribution in [0.1, 0.15) is 0 Å². The zero-order chi connectivity index (χ0) is 28.2. The van der Waals surface area contributed by atoms with Crippen LogP contribution >= 0.6 is 0 Å². The van der Waals surface area contributed by atoms with Crippen LogP contribution in [0.25, 0.3) is 21.5 Å². The van der Waals surface area contributed by atoms with Gasteiger partial charge in [-0.15, -0.1) is 6.58 Å². The Hall–Kier alpha value is -4.28. The second kappa shape index (κ2) is 9.42. The average Bonchev–Trinajstić information content (AvgIpc) is 2.96. The summed E-state index contributed by atoms with van der Waals surface area (Å²) in [6.07, 6.45) is 1.28. The summed E-state index contributed by atoms with van der Waals surface area (Å²) in [5, 5.41) is 2.99. The first-order valence-corrected chi connectivity index (χ1v) is 15.2. The summed E-state index contributed by atoms with van der Waals surface area (Å²) in [5.74, 6) is -2.62. The van der Waals surface area contributed by atoms with E-state index in [1.807, 2.05) is 24.3 Å². The number of nitrogens with zero attached hydrogens (tertiary/aromatic N) is 2.